The number of imide groups is 1. The Kier molecular flexibility index (Phi) is 10.3. The SMILES string of the molecule is CCNc1ccc([C@H](c2ccc(C)c(COCc3ccc(OC)cc3)c2)[C@@H](C)C(=O)N2C(=O)OC[C@H]2c2ccccc2)c(C)c1N. The van der Waals surface area contributed by atoms with Crippen LogP contribution in [-0.2, 0) is 27.5 Å². The van der Waals surface area contributed by atoms with Gasteiger partial charge < -0.3 is 25.3 Å². The van der Waals surface area contributed by atoms with Gasteiger partial charge in [-0.05, 0) is 77.9 Å². The lowest BCUT2D eigenvalue weighted by atomic mass is 9.78. The minimum atomic E-state index is -0.625. The lowest BCUT2D eigenvalue weighted by Crippen LogP contribution is -2.40. The third-order valence-electron chi connectivity index (χ3n) is 8.86. The van der Waals surface area contributed by atoms with E-state index in [1.807, 2.05) is 87.5 Å². The molecule has 0 aliphatic carbocycles. The molecule has 240 valence electrons. The molecule has 1 heterocycles. The van der Waals surface area contributed by atoms with Crippen LogP contribution in [0.5, 0.6) is 5.75 Å². The van der Waals surface area contributed by atoms with Gasteiger partial charge in [-0.3, -0.25) is 4.79 Å². The summed E-state index contributed by atoms with van der Waals surface area (Å²) in [5.74, 6) is -0.506. The maximum absolute atomic E-state index is 14.4. The van der Waals surface area contributed by atoms with E-state index in [0.717, 1.165) is 56.9 Å². The van der Waals surface area contributed by atoms with E-state index in [1.165, 1.54) is 4.90 Å². The zero-order chi connectivity index (χ0) is 32.8. The number of anilines is 2. The van der Waals surface area contributed by atoms with Crippen LogP contribution < -0.4 is 15.8 Å². The van der Waals surface area contributed by atoms with Crippen molar-refractivity contribution in [2.45, 2.75) is 52.9 Å². The third kappa shape index (κ3) is 6.87. The van der Waals surface area contributed by atoms with Crippen molar-refractivity contribution in [1.82, 2.24) is 4.90 Å². The molecule has 46 heavy (non-hydrogen) atoms. The van der Waals surface area contributed by atoms with Crippen molar-refractivity contribution in [3.8, 4) is 5.75 Å². The molecule has 4 aromatic carbocycles. The monoisotopic (exact) mass is 621 g/mol. The number of benzene rings is 4. The van der Waals surface area contributed by atoms with Crippen molar-refractivity contribution < 1.29 is 23.8 Å². The molecule has 2 amide bonds. The van der Waals surface area contributed by atoms with Crippen molar-refractivity contribution >= 4 is 23.4 Å². The Morgan fingerprint density at radius 3 is 2.46 bits per heavy atom. The normalized spacial score (nSPS) is 15.7. The van der Waals surface area contributed by atoms with Crippen molar-refractivity contribution in [3.63, 3.8) is 0 Å². The Labute approximate surface area is 271 Å². The second kappa shape index (κ2) is 14.5. The van der Waals surface area contributed by atoms with Gasteiger partial charge in [0.2, 0.25) is 5.91 Å². The number of hydrogen-bond donors (Lipinski definition) is 2. The fraction of sp³-hybridized carbons (Fsp3) is 0.316. The number of methoxy groups -OCH3 is 1. The molecule has 0 saturated carbocycles. The standard InChI is InChI=1S/C38H43N3O5/c1-6-40-33-19-18-32(25(3)36(33)39)35(26(4)37(42)41-34(23-46-38(41)43)28-10-8-7-9-11-28)29-15-12-24(2)30(20-29)22-45-21-27-13-16-31(44-5)17-14-27/h7-20,26,34-35,40H,6,21-23,39H2,1-5H3/t26-,34+,35+/m1/s1. The Hall–Kier alpha value is -4.82. The number of amides is 2. The summed E-state index contributed by atoms with van der Waals surface area (Å²) >= 11 is 0. The topological polar surface area (TPSA) is 103 Å². The summed E-state index contributed by atoms with van der Waals surface area (Å²) in [6.45, 7) is 9.65. The van der Waals surface area contributed by atoms with Crippen LogP contribution in [0.15, 0.2) is 84.9 Å². The zero-order valence-electron chi connectivity index (χ0n) is 27.2. The van der Waals surface area contributed by atoms with Crippen molar-refractivity contribution in [2.75, 3.05) is 31.3 Å². The molecule has 1 fully saturated rings. The van der Waals surface area contributed by atoms with Gasteiger partial charge in [0, 0.05) is 18.4 Å². The Morgan fingerprint density at radius 1 is 1.02 bits per heavy atom. The van der Waals surface area contributed by atoms with Crippen molar-refractivity contribution in [3.05, 3.63) is 124 Å². The number of nitrogens with two attached hydrogens (primary N) is 1. The molecule has 3 atom stereocenters. The molecule has 8 heteroatoms. The van der Waals surface area contributed by atoms with Gasteiger partial charge >= 0.3 is 6.09 Å². The predicted molar refractivity (Wildman–Crippen MR) is 181 cm³/mol. The molecule has 1 saturated heterocycles. The molecule has 3 N–H and O–H groups in total. The van der Waals surface area contributed by atoms with Gasteiger partial charge in [-0.2, -0.15) is 0 Å². The Morgan fingerprint density at radius 2 is 1.76 bits per heavy atom. The predicted octanol–water partition coefficient (Wildman–Crippen LogP) is 7.53. The summed E-state index contributed by atoms with van der Waals surface area (Å²) in [6.07, 6.45) is -0.625. The fourth-order valence-electron chi connectivity index (χ4n) is 6.15. The minimum Gasteiger partial charge on any atom is -0.497 e. The van der Waals surface area contributed by atoms with Crippen LogP contribution in [0.3, 0.4) is 0 Å². The lowest BCUT2D eigenvalue weighted by Gasteiger charge is -2.31. The maximum atomic E-state index is 14.4. The van der Waals surface area contributed by atoms with Gasteiger partial charge in [-0.15, -0.1) is 0 Å². The molecule has 0 unspecified atom stereocenters. The van der Waals surface area contributed by atoms with E-state index in [1.54, 1.807) is 7.11 Å². The Bertz CT molecular complexity index is 1670. The molecular formula is C38H43N3O5. The van der Waals surface area contributed by atoms with Crippen LogP contribution in [0.25, 0.3) is 0 Å². The lowest BCUT2D eigenvalue weighted by molar-refractivity contribution is -0.133. The first-order chi connectivity index (χ1) is 22.2. The van der Waals surface area contributed by atoms with E-state index in [2.05, 4.69) is 30.4 Å². The highest BCUT2D eigenvalue weighted by atomic mass is 16.6. The second-order valence-electron chi connectivity index (χ2n) is 11.8. The fourth-order valence-corrected chi connectivity index (χ4v) is 6.15. The van der Waals surface area contributed by atoms with Gasteiger partial charge in [0.15, 0.2) is 0 Å². The van der Waals surface area contributed by atoms with Crippen LogP contribution in [0, 0.1) is 19.8 Å². The van der Waals surface area contributed by atoms with Gasteiger partial charge in [0.25, 0.3) is 0 Å². The van der Waals surface area contributed by atoms with E-state index in [9.17, 15) is 9.59 Å². The quantitative estimate of drug-likeness (QED) is 0.158. The third-order valence-corrected chi connectivity index (χ3v) is 8.86. The number of aryl methyl sites for hydroxylation is 1. The van der Waals surface area contributed by atoms with Crippen LogP contribution >= 0.6 is 0 Å². The van der Waals surface area contributed by atoms with E-state index in [0.29, 0.717) is 18.9 Å². The van der Waals surface area contributed by atoms with E-state index >= 15 is 0 Å². The molecule has 0 bridgehead atoms. The number of rotatable bonds is 12. The summed E-state index contributed by atoms with van der Waals surface area (Å²) in [4.78, 5) is 28.7. The van der Waals surface area contributed by atoms with E-state index in [4.69, 9.17) is 19.9 Å². The van der Waals surface area contributed by atoms with Crippen LogP contribution in [0.2, 0.25) is 0 Å². The van der Waals surface area contributed by atoms with E-state index < -0.39 is 24.0 Å². The average Bonchev–Trinajstić information content (AvgIpc) is 3.47. The van der Waals surface area contributed by atoms with Gasteiger partial charge in [0.05, 0.1) is 31.7 Å². The smallest absolute Gasteiger partial charge is 0.417 e. The van der Waals surface area contributed by atoms with Gasteiger partial charge in [0.1, 0.15) is 18.4 Å². The number of hydrogen-bond acceptors (Lipinski definition) is 7. The van der Waals surface area contributed by atoms with Gasteiger partial charge in [-0.1, -0.05) is 73.7 Å². The number of nitrogens with zero attached hydrogens (tertiary/aromatic N) is 1. The molecule has 0 aromatic heterocycles. The highest BCUT2D eigenvalue weighted by molar-refractivity contribution is 5.95. The van der Waals surface area contributed by atoms with Crippen LogP contribution in [0.4, 0.5) is 16.2 Å². The number of carbonyl (C=O) groups excluding carboxylic acids is 2. The number of nitrogens with one attached hydrogen (secondary N) is 1. The summed E-state index contributed by atoms with van der Waals surface area (Å²) in [6, 6.07) is 27.1. The van der Waals surface area contributed by atoms with E-state index in [-0.39, 0.29) is 12.5 Å². The maximum Gasteiger partial charge on any atom is 0.417 e. The second-order valence-corrected chi connectivity index (χ2v) is 11.8. The first-order valence-corrected chi connectivity index (χ1v) is 15.7. The molecular weight excluding hydrogens is 578 g/mol. The number of carbonyl (C=O) groups is 2. The average molecular weight is 622 g/mol. The number of cyclic esters (lactones) is 1. The summed E-state index contributed by atoms with van der Waals surface area (Å²) in [7, 11) is 1.65. The molecule has 5 rings (SSSR count). The summed E-state index contributed by atoms with van der Waals surface area (Å²) in [5, 5.41) is 3.32. The first kappa shape index (κ1) is 32.6. The Balaban J connectivity index is 1.49. The summed E-state index contributed by atoms with van der Waals surface area (Å²) in [5.41, 5.74) is 14.9. The zero-order valence-corrected chi connectivity index (χ0v) is 27.2. The molecule has 8 nitrogen and oxygen atoms in total. The van der Waals surface area contributed by atoms with Crippen molar-refractivity contribution in [2.24, 2.45) is 5.92 Å². The largest absolute Gasteiger partial charge is 0.497 e. The number of nitrogen functional groups attached to an aromatic ring is 1. The highest BCUT2D eigenvalue weighted by Gasteiger charge is 2.43. The molecule has 4 aromatic rings. The summed E-state index contributed by atoms with van der Waals surface area (Å²) < 4.78 is 16.8. The first-order valence-electron chi connectivity index (χ1n) is 15.7. The van der Waals surface area contributed by atoms with Crippen LogP contribution in [-0.4, -0.2) is 37.2 Å². The van der Waals surface area contributed by atoms with Crippen LogP contribution in [0.1, 0.15) is 64.8 Å². The highest BCUT2D eigenvalue weighted by Crippen LogP contribution is 2.41. The molecule has 1 aliphatic heterocycles. The van der Waals surface area contributed by atoms with Gasteiger partial charge in [-0.25, -0.2) is 9.69 Å². The minimum absolute atomic E-state index is 0.121. The molecule has 0 spiro atoms. The molecule has 1 aliphatic rings. The molecule has 0 radical (unpaired) electrons. The van der Waals surface area contributed by atoms with Crippen molar-refractivity contribution in [1.29, 1.82) is 0 Å². The number of ether oxygens (including phenoxy) is 3.